The van der Waals surface area contributed by atoms with Gasteiger partial charge in [0.15, 0.2) is 0 Å². The molecule has 0 spiro atoms. The Labute approximate surface area is 443 Å². The molecule has 0 saturated heterocycles. The van der Waals surface area contributed by atoms with Crippen molar-refractivity contribution in [2.75, 3.05) is 46.1 Å². The molecule has 1 atom stereocenters. The second-order valence-electron chi connectivity index (χ2n) is 20.8. The Bertz CT molecular complexity index is 1150. The molecule has 0 amide bonds. The van der Waals surface area contributed by atoms with Crippen molar-refractivity contribution in [3.05, 3.63) is 12.3 Å². The lowest BCUT2D eigenvalue weighted by Gasteiger charge is -2.19. The van der Waals surface area contributed by atoms with E-state index in [0.29, 0.717) is 44.3 Å². The van der Waals surface area contributed by atoms with Crippen molar-refractivity contribution in [2.24, 2.45) is 5.92 Å². The highest BCUT2D eigenvalue weighted by atomic mass is 16.7. The molecule has 0 aromatic carbocycles. The molecule has 0 aromatic rings. The zero-order valence-electron chi connectivity index (χ0n) is 48.0. The number of hydrogen-bond donors (Lipinski definition) is 0. The third kappa shape index (κ3) is 46.9. The number of unbranched alkanes of at least 4 members (excludes halogenated alkanes) is 24. The standard InChI is InChI=1S/C61H115NO10/c1-8-14-18-22-26-33-42-56(43-34-27-23-19-15-9-2)71-59(64)47-38-30-32-41-54(7)68-51-55(53-70-61(66)67-50-40-49-62(12-5)13-6)52-69-58(63)46-37-31-39-48-60(65)72-57(44-35-28-24-20-16-10-3)45-36-29-25-21-17-11-4/h55-57H,7-53H2,1-6H3. The van der Waals surface area contributed by atoms with Crippen LogP contribution in [0, 0.1) is 5.92 Å². The van der Waals surface area contributed by atoms with Crippen molar-refractivity contribution in [1.82, 2.24) is 4.90 Å². The van der Waals surface area contributed by atoms with Crippen molar-refractivity contribution < 1.29 is 47.6 Å². The van der Waals surface area contributed by atoms with Gasteiger partial charge < -0.3 is 33.3 Å². The zero-order valence-corrected chi connectivity index (χ0v) is 48.0. The molecule has 0 radical (unpaired) electrons. The van der Waals surface area contributed by atoms with Gasteiger partial charge in [0.05, 0.1) is 24.9 Å². The molecule has 0 aliphatic heterocycles. The highest BCUT2D eigenvalue weighted by Crippen LogP contribution is 2.21. The molecule has 0 heterocycles. The average Bonchev–Trinajstić information content (AvgIpc) is 3.37. The van der Waals surface area contributed by atoms with Crippen molar-refractivity contribution >= 4 is 24.1 Å². The lowest BCUT2D eigenvalue weighted by atomic mass is 10.0. The van der Waals surface area contributed by atoms with Crippen molar-refractivity contribution in [3.8, 4) is 0 Å². The van der Waals surface area contributed by atoms with Crippen LogP contribution in [0.15, 0.2) is 12.3 Å². The van der Waals surface area contributed by atoms with E-state index in [2.05, 4.69) is 53.0 Å². The molecule has 0 aliphatic rings. The molecule has 0 fully saturated rings. The van der Waals surface area contributed by atoms with Crippen LogP contribution in [0.25, 0.3) is 0 Å². The van der Waals surface area contributed by atoms with E-state index < -0.39 is 12.1 Å². The number of esters is 3. The SMILES string of the molecule is C=C(CCCCCC(=O)OC(CCCCCCCC)CCCCCCCC)OCC(COC(=O)CCCCCC(=O)OC(CCCCCCCC)CCCCCCCC)COC(=O)OCCCN(CC)CC. The second-order valence-corrected chi connectivity index (χ2v) is 20.8. The molecular formula is C61H115NO10. The van der Waals surface area contributed by atoms with E-state index in [0.717, 1.165) is 96.7 Å². The summed E-state index contributed by atoms with van der Waals surface area (Å²) in [6.07, 6.45) is 39.4. The maximum absolute atomic E-state index is 12.9. The Morgan fingerprint density at radius 2 is 0.722 bits per heavy atom. The molecule has 11 heteroatoms. The predicted octanol–water partition coefficient (Wildman–Crippen LogP) is 17.3. The quantitative estimate of drug-likeness (QED) is 0.0250. The van der Waals surface area contributed by atoms with Gasteiger partial charge in [0.1, 0.15) is 25.4 Å². The van der Waals surface area contributed by atoms with Gasteiger partial charge in [-0.3, -0.25) is 14.4 Å². The maximum atomic E-state index is 12.9. The number of hydrogen-bond acceptors (Lipinski definition) is 11. The molecular weight excluding hydrogens is 907 g/mol. The number of rotatable bonds is 55. The second kappa shape index (κ2) is 53.0. The first kappa shape index (κ1) is 69.2. The monoisotopic (exact) mass is 1020 g/mol. The van der Waals surface area contributed by atoms with E-state index >= 15 is 0 Å². The molecule has 0 bridgehead atoms. The third-order valence-electron chi connectivity index (χ3n) is 13.9. The van der Waals surface area contributed by atoms with Gasteiger partial charge in [-0.2, -0.15) is 0 Å². The van der Waals surface area contributed by atoms with E-state index in [-0.39, 0.29) is 63.0 Å². The first-order valence-corrected chi connectivity index (χ1v) is 30.5. The highest BCUT2D eigenvalue weighted by Gasteiger charge is 2.19. The topological polar surface area (TPSA) is 127 Å². The van der Waals surface area contributed by atoms with Gasteiger partial charge in [0, 0.05) is 32.2 Å². The third-order valence-corrected chi connectivity index (χ3v) is 13.9. The summed E-state index contributed by atoms with van der Waals surface area (Å²) >= 11 is 0. The number of nitrogens with zero attached hydrogens (tertiary/aromatic N) is 1. The molecule has 0 N–H and O–H groups in total. The summed E-state index contributed by atoms with van der Waals surface area (Å²) in [4.78, 5) is 53.4. The fourth-order valence-electron chi connectivity index (χ4n) is 9.05. The Kier molecular flexibility index (Phi) is 50.9. The van der Waals surface area contributed by atoms with Crippen LogP contribution in [-0.4, -0.2) is 87.2 Å². The van der Waals surface area contributed by atoms with E-state index in [1.807, 2.05) is 0 Å². The van der Waals surface area contributed by atoms with Crippen LogP contribution in [0.5, 0.6) is 0 Å². The summed E-state index contributed by atoms with van der Waals surface area (Å²) in [6.45, 7) is 20.4. The van der Waals surface area contributed by atoms with Gasteiger partial charge in [-0.25, -0.2) is 4.79 Å². The van der Waals surface area contributed by atoms with E-state index in [1.54, 1.807) is 0 Å². The molecule has 1 unspecified atom stereocenters. The smallest absolute Gasteiger partial charge is 0.498 e. The van der Waals surface area contributed by atoms with Crippen molar-refractivity contribution in [2.45, 2.75) is 304 Å². The minimum Gasteiger partial charge on any atom is -0.498 e. The maximum Gasteiger partial charge on any atom is 0.508 e. The molecule has 0 aromatic heterocycles. The fourth-order valence-corrected chi connectivity index (χ4v) is 9.05. The summed E-state index contributed by atoms with van der Waals surface area (Å²) in [6, 6.07) is 0. The van der Waals surface area contributed by atoms with Crippen LogP contribution in [0.2, 0.25) is 0 Å². The summed E-state index contributed by atoms with van der Waals surface area (Å²) in [5.74, 6) is -0.381. The minimum atomic E-state index is -0.756. The van der Waals surface area contributed by atoms with Gasteiger partial charge in [-0.05, 0) is 96.6 Å². The lowest BCUT2D eigenvalue weighted by Crippen LogP contribution is -2.26. The van der Waals surface area contributed by atoms with Crippen LogP contribution in [0.4, 0.5) is 4.79 Å². The predicted molar refractivity (Wildman–Crippen MR) is 297 cm³/mol. The van der Waals surface area contributed by atoms with Crippen LogP contribution < -0.4 is 0 Å². The van der Waals surface area contributed by atoms with Crippen LogP contribution in [0.1, 0.15) is 292 Å². The summed E-state index contributed by atoms with van der Waals surface area (Å²) in [7, 11) is 0. The molecule has 424 valence electrons. The average molecular weight is 1020 g/mol. The Hall–Kier alpha value is -2.82. The van der Waals surface area contributed by atoms with Crippen LogP contribution >= 0.6 is 0 Å². The Morgan fingerprint density at radius 3 is 1.14 bits per heavy atom. The molecule has 0 saturated carbocycles. The Morgan fingerprint density at radius 1 is 0.375 bits per heavy atom. The zero-order chi connectivity index (χ0) is 53.0. The highest BCUT2D eigenvalue weighted by molar-refractivity contribution is 5.70. The summed E-state index contributed by atoms with van der Waals surface area (Å²) in [5, 5.41) is 0. The number of carbonyl (C=O) groups excluding carboxylic acids is 4. The van der Waals surface area contributed by atoms with E-state index in [1.165, 1.54) is 128 Å². The van der Waals surface area contributed by atoms with E-state index in [4.69, 9.17) is 28.4 Å². The molecule has 0 aliphatic carbocycles. The van der Waals surface area contributed by atoms with Gasteiger partial charge in [0.2, 0.25) is 0 Å². The number of carbonyl (C=O) groups is 4. The largest absolute Gasteiger partial charge is 0.508 e. The summed E-state index contributed by atoms with van der Waals surface area (Å²) < 4.78 is 34.5. The van der Waals surface area contributed by atoms with Gasteiger partial charge in [-0.1, -0.05) is 189 Å². The Balaban J connectivity index is 4.94. The summed E-state index contributed by atoms with van der Waals surface area (Å²) in [5.41, 5.74) is 0. The molecule has 72 heavy (non-hydrogen) atoms. The first-order chi connectivity index (χ1) is 35.1. The fraction of sp³-hybridized carbons (Fsp3) is 0.902. The van der Waals surface area contributed by atoms with Crippen molar-refractivity contribution in [1.29, 1.82) is 0 Å². The van der Waals surface area contributed by atoms with Gasteiger partial charge >= 0.3 is 24.1 Å². The van der Waals surface area contributed by atoms with Gasteiger partial charge in [-0.15, -0.1) is 0 Å². The molecule has 11 nitrogen and oxygen atoms in total. The lowest BCUT2D eigenvalue weighted by molar-refractivity contribution is -0.151. The van der Waals surface area contributed by atoms with Crippen molar-refractivity contribution in [3.63, 3.8) is 0 Å². The van der Waals surface area contributed by atoms with Crippen LogP contribution in [-0.2, 0) is 42.8 Å². The minimum absolute atomic E-state index is 0.00156. The van der Waals surface area contributed by atoms with Crippen LogP contribution in [0.3, 0.4) is 0 Å². The first-order valence-electron chi connectivity index (χ1n) is 30.5. The number of allylic oxidation sites excluding steroid dienone is 1. The number of ether oxygens (including phenoxy) is 6. The molecule has 0 rings (SSSR count). The van der Waals surface area contributed by atoms with Gasteiger partial charge in [0.25, 0.3) is 0 Å². The normalized spacial score (nSPS) is 11.8. The van der Waals surface area contributed by atoms with E-state index in [9.17, 15) is 19.2 Å².